The minimum atomic E-state index is -0.422. The van der Waals surface area contributed by atoms with Gasteiger partial charge in [0.1, 0.15) is 11.6 Å². The van der Waals surface area contributed by atoms with Gasteiger partial charge in [-0.1, -0.05) is 18.5 Å². The lowest BCUT2D eigenvalue weighted by molar-refractivity contribution is 0.457. The van der Waals surface area contributed by atoms with E-state index >= 15 is 0 Å². The van der Waals surface area contributed by atoms with Crippen LogP contribution in [-0.4, -0.2) is 16.5 Å². The van der Waals surface area contributed by atoms with Crippen molar-refractivity contribution in [2.45, 2.75) is 13.3 Å². The lowest BCUT2D eigenvalue weighted by Gasteiger charge is -2.10. The van der Waals surface area contributed by atoms with Crippen LogP contribution in [0.1, 0.15) is 13.3 Å². The summed E-state index contributed by atoms with van der Waals surface area (Å²) < 4.78 is 19.1. The molecule has 7 heteroatoms. The fraction of sp³-hybridized carbons (Fsp3) is 0.231. The topological polar surface area (TPSA) is 47.0 Å². The fourth-order valence-corrected chi connectivity index (χ4v) is 1.88. The van der Waals surface area contributed by atoms with Gasteiger partial charge >= 0.3 is 0 Å². The highest BCUT2D eigenvalue weighted by atomic mass is 79.9. The third-order valence-electron chi connectivity index (χ3n) is 2.35. The average Bonchev–Trinajstić information content (AvgIpc) is 2.42. The second kappa shape index (κ2) is 6.85. The molecule has 106 valence electrons. The summed E-state index contributed by atoms with van der Waals surface area (Å²) in [6.07, 6.45) is 2.54. The normalized spacial score (nSPS) is 10.4. The van der Waals surface area contributed by atoms with Crippen LogP contribution in [0, 0.1) is 5.82 Å². The van der Waals surface area contributed by atoms with Crippen LogP contribution in [0.15, 0.2) is 28.9 Å². The lowest BCUT2D eigenvalue weighted by atomic mass is 10.3. The van der Waals surface area contributed by atoms with Gasteiger partial charge in [-0.25, -0.2) is 9.37 Å². The summed E-state index contributed by atoms with van der Waals surface area (Å²) in [6.45, 7) is 2.81. The minimum absolute atomic E-state index is 0.179. The van der Waals surface area contributed by atoms with Crippen molar-refractivity contribution in [3.8, 4) is 11.6 Å². The molecule has 0 aliphatic heterocycles. The van der Waals surface area contributed by atoms with E-state index < -0.39 is 5.82 Å². The van der Waals surface area contributed by atoms with Crippen molar-refractivity contribution in [1.29, 1.82) is 0 Å². The van der Waals surface area contributed by atoms with Gasteiger partial charge in [-0.05, 0) is 40.5 Å². The first-order valence-electron chi connectivity index (χ1n) is 5.99. The van der Waals surface area contributed by atoms with Crippen molar-refractivity contribution >= 4 is 33.5 Å². The molecule has 4 nitrogen and oxygen atoms in total. The summed E-state index contributed by atoms with van der Waals surface area (Å²) in [6, 6.07) is 3.90. The highest BCUT2D eigenvalue weighted by Crippen LogP contribution is 2.32. The average molecular weight is 361 g/mol. The lowest BCUT2D eigenvalue weighted by Crippen LogP contribution is -2.05. The molecule has 1 aromatic carbocycles. The van der Waals surface area contributed by atoms with E-state index in [9.17, 15) is 4.39 Å². The third kappa shape index (κ3) is 3.80. The number of anilines is 1. The number of hydrogen-bond acceptors (Lipinski definition) is 4. The number of aromatic nitrogens is 2. The van der Waals surface area contributed by atoms with Crippen molar-refractivity contribution in [1.82, 2.24) is 9.97 Å². The maximum Gasteiger partial charge on any atom is 0.238 e. The fourth-order valence-electron chi connectivity index (χ4n) is 1.41. The molecule has 0 spiro atoms. The molecule has 0 saturated heterocycles. The molecule has 1 aromatic heterocycles. The van der Waals surface area contributed by atoms with Crippen LogP contribution in [-0.2, 0) is 0 Å². The zero-order valence-corrected chi connectivity index (χ0v) is 13.0. The summed E-state index contributed by atoms with van der Waals surface area (Å²) in [5.74, 6) is 0.679. The van der Waals surface area contributed by atoms with E-state index in [0.717, 1.165) is 13.0 Å². The third-order valence-corrected chi connectivity index (χ3v) is 3.18. The van der Waals surface area contributed by atoms with Gasteiger partial charge in [-0.15, -0.1) is 0 Å². The molecule has 20 heavy (non-hydrogen) atoms. The SMILES string of the molecule is CCCNc1ncc(Br)c(Oc2ccc(F)cc2Cl)n1. The first-order valence-corrected chi connectivity index (χ1v) is 7.16. The van der Waals surface area contributed by atoms with E-state index in [-0.39, 0.29) is 5.02 Å². The molecule has 0 unspecified atom stereocenters. The highest BCUT2D eigenvalue weighted by molar-refractivity contribution is 9.10. The van der Waals surface area contributed by atoms with Crippen molar-refractivity contribution < 1.29 is 9.13 Å². The van der Waals surface area contributed by atoms with Gasteiger partial charge in [0.2, 0.25) is 11.8 Å². The molecule has 0 bridgehead atoms. The molecular formula is C13H12BrClFN3O. The molecule has 0 atom stereocenters. The molecular weight excluding hydrogens is 349 g/mol. The largest absolute Gasteiger partial charge is 0.436 e. The Morgan fingerprint density at radius 2 is 2.25 bits per heavy atom. The van der Waals surface area contributed by atoms with E-state index in [1.165, 1.54) is 18.2 Å². The van der Waals surface area contributed by atoms with E-state index in [4.69, 9.17) is 16.3 Å². The predicted octanol–water partition coefficient (Wildman–Crippen LogP) is 4.65. The van der Waals surface area contributed by atoms with Gasteiger partial charge in [-0.3, -0.25) is 0 Å². The van der Waals surface area contributed by atoms with Gasteiger partial charge in [0.25, 0.3) is 0 Å². The first-order chi connectivity index (χ1) is 9.60. The first kappa shape index (κ1) is 15.0. The van der Waals surface area contributed by atoms with Gasteiger partial charge in [-0.2, -0.15) is 4.98 Å². The summed E-state index contributed by atoms with van der Waals surface area (Å²) in [5, 5.41) is 3.23. The Morgan fingerprint density at radius 3 is 2.95 bits per heavy atom. The Bertz CT molecular complexity index is 612. The van der Waals surface area contributed by atoms with E-state index in [1.807, 2.05) is 6.92 Å². The Balaban J connectivity index is 2.23. The van der Waals surface area contributed by atoms with E-state index in [1.54, 1.807) is 6.20 Å². The van der Waals surface area contributed by atoms with Gasteiger partial charge < -0.3 is 10.1 Å². The number of nitrogens with zero attached hydrogens (tertiary/aromatic N) is 2. The molecule has 2 aromatic rings. The van der Waals surface area contributed by atoms with Crippen molar-refractivity contribution in [2.24, 2.45) is 0 Å². The summed E-state index contributed by atoms with van der Waals surface area (Å²) >= 11 is 9.22. The second-order valence-corrected chi connectivity index (χ2v) is 5.21. The molecule has 0 fully saturated rings. The van der Waals surface area contributed by atoms with E-state index in [0.29, 0.717) is 22.1 Å². The van der Waals surface area contributed by atoms with Crippen LogP contribution in [0.4, 0.5) is 10.3 Å². The van der Waals surface area contributed by atoms with Crippen molar-refractivity contribution in [2.75, 3.05) is 11.9 Å². The van der Waals surface area contributed by atoms with Crippen LogP contribution in [0.3, 0.4) is 0 Å². The van der Waals surface area contributed by atoms with Crippen LogP contribution in [0.25, 0.3) is 0 Å². The maximum atomic E-state index is 13.0. The number of ether oxygens (including phenoxy) is 1. The number of hydrogen-bond donors (Lipinski definition) is 1. The number of benzene rings is 1. The molecule has 1 heterocycles. The molecule has 0 saturated carbocycles. The molecule has 0 aliphatic carbocycles. The van der Waals surface area contributed by atoms with Crippen molar-refractivity contribution in [3.63, 3.8) is 0 Å². The number of nitrogens with one attached hydrogen (secondary N) is 1. The smallest absolute Gasteiger partial charge is 0.238 e. The zero-order valence-electron chi connectivity index (χ0n) is 10.7. The van der Waals surface area contributed by atoms with E-state index in [2.05, 4.69) is 31.2 Å². The van der Waals surface area contributed by atoms with Crippen LogP contribution < -0.4 is 10.1 Å². The van der Waals surface area contributed by atoms with Crippen LogP contribution >= 0.6 is 27.5 Å². The van der Waals surface area contributed by atoms with Crippen LogP contribution in [0.5, 0.6) is 11.6 Å². The van der Waals surface area contributed by atoms with Gasteiger partial charge in [0.05, 0.1) is 15.7 Å². The summed E-state index contributed by atoms with van der Waals surface area (Å²) in [4.78, 5) is 8.34. The van der Waals surface area contributed by atoms with Gasteiger partial charge in [0, 0.05) is 6.54 Å². The quantitative estimate of drug-likeness (QED) is 0.843. The predicted molar refractivity (Wildman–Crippen MR) is 80.0 cm³/mol. The molecule has 0 amide bonds. The number of halogens is 3. The Morgan fingerprint density at radius 1 is 1.45 bits per heavy atom. The molecule has 0 radical (unpaired) electrons. The number of rotatable bonds is 5. The highest BCUT2D eigenvalue weighted by Gasteiger charge is 2.10. The van der Waals surface area contributed by atoms with Gasteiger partial charge in [0.15, 0.2) is 0 Å². The summed E-state index contributed by atoms with van der Waals surface area (Å²) in [7, 11) is 0. The minimum Gasteiger partial charge on any atom is -0.436 e. The standard InChI is InChI=1S/C13H12BrClFN3O/c1-2-5-17-13-18-7-9(14)12(19-13)20-11-4-3-8(16)6-10(11)15/h3-4,6-7H,2,5H2,1H3,(H,17,18,19). The zero-order chi connectivity index (χ0) is 14.5. The Hall–Kier alpha value is -1.40. The molecule has 1 N–H and O–H groups in total. The monoisotopic (exact) mass is 359 g/mol. The molecule has 2 rings (SSSR count). The maximum absolute atomic E-state index is 13.0. The second-order valence-electron chi connectivity index (χ2n) is 3.95. The molecule has 0 aliphatic rings. The van der Waals surface area contributed by atoms with Crippen molar-refractivity contribution in [3.05, 3.63) is 39.7 Å². The Labute approximate surface area is 129 Å². The van der Waals surface area contributed by atoms with Crippen LogP contribution in [0.2, 0.25) is 5.02 Å². The summed E-state index contributed by atoms with van der Waals surface area (Å²) in [5.41, 5.74) is 0. The Kier molecular flexibility index (Phi) is 5.14.